The summed E-state index contributed by atoms with van der Waals surface area (Å²) in [6.07, 6.45) is -2.47. The van der Waals surface area contributed by atoms with Gasteiger partial charge in [-0.05, 0) is 25.1 Å². The highest BCUT2D eigenvalue weighted by Gasteiger charge is 2.07. The van der Waals surface area contributed by atoms with Gasteiger partial charge in [0.25, 0.3) is 12.3 Å². The number of nitrogens with two attached hydrogens (primary N) is 1. The van der Waals surface area contributed by atoms with E-state index in [1.807, 2.05) is 6.92 Å². The van der Waals surface area contributed by atoms with E-state index in [9.17, 15) is 13.6 Å². The van der Waals surface area contributed by atoms with Gasteiger partial charge in [0.15, 0.2) is 0 Å². The molecule has 7 heteroatoms. The zero-order valence-electron chi connectivity index (χ0n) is 11.3. The van der Waals surface area contributed by atoms with Crippen LogP contribution in [0.1, 0.15) is 17.3 Å². The van der Waals surface area contributed by atoms with E-state index < -0.39 is 13.0 Å². The molecular formula is C13H19F2N3O2. The van der Waals surface area contributed by atoms with E-state index in [2.05, 4.69) is 10.6 Å². The molecule has 0 atom stereocenters. The molecule has 5 nitrogen and oxygen atoms in total. The van der Waals surface area contributed by atoms with Crippen molar-refractivity contribution in [2.75, 3.05) is 37.4 Å². The zero-order chi connectivity index (χ0) is 15.0. The predicted octanol–water partition coefficient (Wildman–Crippen LogP) is 1.71. The molecule has 0 fully saturated rings. The lowest BCUT2D eigenvalue weighted by Crippen LogP contribution is -2.23. The molecule has 0 unspecified atom stereocenters. The maximum atomic E-state index is 11.9. The number of hydrogen-bond donors (Lipinski definition) is 3. The van der Waals surface area contributed by atoms with E-state index in [0.717, 1.165) is 0 Å². The van der Waals surface area contributed by atoms with Gasteiger partial charge in [-0.15, -0.1) is 0 Å². The lowest BCUT2D eigenvalue weighted by atomic mass is 10.1. The highest BCUT2D eigenvalue weighted by Crippen LogP contribution is 2.19. The molecule has 1 rings (SSSR count). The maximum absolute atomic E-state index is 11.9. The Morgan fingerprint density at radius 2 is 2.20 bits per heavy atom. The molecule has 0 aliphatic carbocycles. The molecule has 0 aliphatic heterocycles. The highest BCUT2D eigenvalue weighted by molar-refractivity contribution is 5.96. The summed E-state index contributed by atoms with van der Waals surface area (Å²) in [6.45, 7) is 2.24. The van der Waals surface area contributed by atoms with Gasteiger partial charge in [0, 0.05) is 18.7 Å². The van der Waals surface area contributed by atoms with Crippen molar-refractivity contribution in [1.82, 2.24) is 5.32 Å². The second-order valence-corrected chi connectivity index (χ2v) is 4.05. The van der Waals surface area contributed by atoms with Crippen LogP contribution in [0.2, 0.25) is 0 Å². The van der Waals surface area contributed by atoms with Gasteiger partial charge < -0.3 is 21.1 Å². The van der Waals surface area contributed by atoms with Crippen LogP contribution >= 0.6 is 0 Å². The summed E-state index contributed by atoms with van der Waals surface area (Å²) in [4.78, 5) is 11.7. The summed E-state index contributed by atoms with van der Waals surface area (Å²) >= 11 is 0. The number of carbonyl (C=O) groups excluding carboxylic acids is 1. The Morgan fingerprint density at radius 1 is 1.45 bits per heavy atom. The molecule has 0 saturated carbocycles. The smallest absolute Gasteiger partial charge is 0.261 e. The number of carbonyl (C=O) groups is 1. The van der Waals surface area contributed by atoms with Gasteiger partial charge in [0.2, 0.25) is 0 Å². The lowest BCUT2D eigenvalue weighted by molar-refractivity contribution is 0.0215. The van der Waals surface area contributed by atoms with E-state index >= 15 is 0 Å². The fourth-order valence-electron chi connectivity index (χ4n) is 1.54. The van der Waals surface area contributed by atoms with Crippen molar-refractivity contribution in [2.24, 2.45) is 0 Å². The number of nitrogen functional groups attached to an aromatic ring is 1. The summed E-state index contributed by atoms with van der Waals surface area (Å²) < 4.78 is 28.4. The van der Waals surface area contributed by atoms with Gasteiger partial charge in [-0.3, -0.25) is 4.79 Å². The number of benzene rings is 1. The van der Waals surface area contributed by atoms with Crippen molar-refractivity contribution in [2.45, 2.75) is 13.3 Å². The average Bonchev–Trinajstić information content (AvgIpc) is 2.40. The first-order valence-electron chi connectivity index (χ1n) is 6.32. The lowest BCUT2D eigenvalue weighted by Gasteiger charge is -2.11. The molecule has 0 radical (unpaired) electrons. The summed E-state index contributed by atoms with van der Waals surface area (Å²) in [6, 6.07) is 4.86. The van der Waals surface area contributed by atoms with E-state index in [1.165, 1.54) is 0 Å². The molecule has 1 amide bonds. The number of hydrogen-bond acceptors (Lipinski definition) is 4. The van der Waals surface area contributed by atoms with Crippen molar-refractivity contribution in [3.8, 4) is 0 Å². The van der Waals surface area contributed by atoms with Gasteiger partial charge in [0.1, 0.15) is 6.61 Å². The van der Waals surface area contributed by atoms with Gasteiger partial charge in [-0.2, -0.15) is 0 Å². The summed E-state index contributed by atoms with van der Waals surface area (Å²) in [5, 5.41) is 5.63. The number of amides is 1. The van der Waals surface area contributed by atoms with Crippen LogP contribution in [-0.2, 0) is 4.74 Å². The molecule has 0 bridgehead atoms. The van der Waals surface area contributed by atoms with Crippen LogP contribution in [0.4, 0.5) is 20.2 Å². The van der Waals surface area contributed by atoms with Crippen LogP contribution in [0.5, 0.6) is 0 Å². The fraction of sp³-hybridized carbons (Fsp3) is 0.462. The normalized spacial score (nSPS) is 10.6. The first-order valence-corrected chi connectivity index (χ1v) is 6.32. The van der Waals surface area contributed by atoms with Crippen LogP contribution in [0, 0.1) is 0 Å². The monoisotopic (exact) mass is 287 g/mol. The molecule has 0 spiro atoms. The Labute approximate surface area is 116 Å². The number of alkyl halides is 2. The Morgan fingerprint density at radius 3 is 2.85 bits per heavy atom. The third kappa shape index (κ3) is 5.40. The van der Waals surface area contributed by atoms with Gasteiger partial charge in [-0.25, -0.2) is 8.78 Å². The first kappa shape index (κ1) is 16.2. The third-order valence-electron chi connectivity index (χ3n) is 2.46. The minimum absolute atomic E-state index is 0.134. The summed E-state index contributed by atoms with van der Waals surface area (Å²) in [5.41, 5.74) is 7.31. The second-order valence-electron chi connectivity index (χ2n) is 4.05. The SMILES string of the molecule is CCNC(=O)c1ccc(N)c(NCCOCC(F)F)c1. The van der Waals surface area contributed by atoms with Crippen LogP contribution in [0.25, 0.3) is 0 Å². The van der Waals surface area contributed by atoms with Crippen LogP contribution < -0.4 is 16.4 Å². The molecule has 112 valence electrons. The van der Waals surface area contributed by atoms with Crippen molar-refractivity contribution < 1.29 is 18.3 Å². The zero-order valence-corrected chi connectivity index (χ0v) is 11.3. The molecule has 1 aromatic carbocycles. The van der Waals surface area contributed by atoms with Crippen LogP contribution in [0.3, 0.4) is 0 Å². The molecule has 4 N–H and O–H groups in total. The number of ether oxygens (including phenoxy) is 1. The number of halogens is 2. The Balaban J connectivity index is 2.52. The Hall–Kier alpha value is -1.89. The summed E-state index contributed by atoms with van der Waals surface area (Å²) in [7, 11) is 0. The highest BCUT2D eigenvalue weighted by atomic mass is 19.3. The number of anilines is 2. The largest absolute Gasteiger partial charge is 0.397 e. The van der Waals surface area contributed by atoms with E-state index in [4.69, 9.17) is 10.5 Å². The predicted molar refractivity (Wildman–Crippen MR) is 74.2 cm³/mol. The summed E-state index contributed by atoms with van der Waals surface area (Å²) in [5.74, 6) is -0.190. The Bertz CT molecular complexity index is 442. The van der Waals surface area contributed by atoms with E-state index in [1.54, 1.807) is 18.2 Å². The number of rotatable bonds is 8. The first-order chi connectivity index (χ1) is 9.54. The second kappa shape index (κ2) is 8.31. The maximum Gasteiger partial charge on any atom is 0.261 e. The fourth-order valence-corrected chi connectivity index (χ4v) is 1.54. The van der Waals surface area contributed by atoms with Crippen molar-refractivity contribution in [3.05, 3.63) is 23.8 Å². The minimum Gasteiger partial charge on any atom is -0.397 e. The molecule has 0 saturated heterocycles. The molecule has 0 aromatic heterocycles. The third-order valence-corrected chi connectivity index (χ3v) is 2.46. The average molecular weight is 287 g/mol. The molecule has 1 aromatic rings. The van der Waals surface area contributed by atoms with Gasteiger partial charge in [0.05, 0.1) is 18.0 Å². The quantitative estimate of drug-likeness (QED) is 0.502. The van der Waals surface area contributed by atoms with Crippen molar-refractivity contribution in [1.29, 1.82) is 0 Å². The molecule has 0 aliphatic rings. The van der Waals surface area contributed by atoms with E-state index in [-0.39, 0.29) is 12.5 Å². The topological polar surface area (TPSA) is 76.4 Å². The van der Waals surface area contributed by atoms with Crippen LogP contribution in [0.15, 0.2) is 18.2 Å². The standard InChI is InChI=1S/C13H19F2N3O2/c1-2-17-13(19)9-3-4-10(16)11(7-9)18-5-6-20-8-12(14)15/h3-4,7,12,18H,2,5-6,8,16H2,1H3,(H,17,19). The van der Waals surface area contributed by atoms with Crippen molar-refractivity contribution >= 4 is 17.3 Å². The van der Waals surface area contributed by atoms with Gasteiger partial charge >= 0.3 is 0 Å². The van der Waals surface area contributed by atoms with Crippen molar-refractivity contribution in [3.63, 3.8) is 0 Å². The molecular weight excluding hydrogens is 268 g/mol. The Kier molecular flexibility index (Phi) is 6.72. The number of nitrogens with one attached hydrogen (secondary N) is 2. The van der Waals surface area contributed by atoms with Gasteiger partial charge in [-0.1, -0.05) is 0 Å². The molecule has 0 heterocycles. The van der Waals surface area contributed by atoms with Crippen LogP contribution in [-0.4, -0.2) is 38.6 Å². The minimum atomic E-state index is -2.47. The molecule has 20 heavy (non-hydrogen) atoms. The van der Waals surface area contributed by atoms with E-state index in [0.29, 0.717) is 30.0 Å².